The molecule has 0 unspecified atom stereocenters. The number of rotatable bonds is 14. The second-order valence-corrected chi connectivity index (χ2v) is 13.0. The Bertz CT molecular complexity index is 1520. The number of para-hydroxylation sites is 1. The second kappa shape index (κ2) is 14.9. The number of hydrogen-bond acceptors (Lipinski definition) is 6. The molecule has 1 aliphatic heterocycles. The predicted octanol–water partition coefficient (Wildman–Crippen LogP) is 5.66. The molecule has 0 radical (unpaired) electrons. The summed E-state index contributed by atoms with van der Waals surface area (Å²) in [4.78, 5) is 8.85. The summed E-state index contributed by atoms with van der Waals surface area (Å²) in [6.07, 6.45) is 10.5. The molecule has 5 rings (SSSR count). The Morgan fingerprint density at radius 2 is 1.57 bits per heavy atom. The average Bonchev–Trinajstić information content (AvgIpc) is 3.17. The van der Waals surface area contributed by atoms with Crippen molar-refractivity contribution in [2.75, 3.05) is 39.3 Å². The fourth-order valence-electron chi connectivity index (χ4n) is 5.79. The van der Waals surface area contributed by atoms with Gasteiger partial charge in [0, 0.05) is 49.5 Å². The van der Waals surface area contributed by atoms with Crippen LogP contribution >= 0.6 is 0 Å². The van der Waals surface area contributed by atoms with Crippen LogP contribution in [-0.2, 0) is 23.1 Å². The Balaban J connectivity index is 1.26. The van der Waals surface area contributed by atoms with Crippen LogP contribution in [0.2, 0.25) is 0 Å². The first-order chi connectivity index (χ1) is 20.5. The summed E-state index contributed by atoms with van der Waals surface area (Å²) < 4.78 is 43.1. The van der Waals surface area contributed by atoms with E-state index in [0.29, 0.717) is 24.2 Å². The van der Waals surface area contributed by atoms with Gasteiger partial charge in [0.25, 0.3) is 10.0 Å². The number of fused-ring (bicyclic) bond motifs is 1. The summed E-state index contributed by atoms with van der Waals surface area (Å²) in [5.74, 6) is -0.466. The normalized spacial score (nSPS) is 14.9. The zero-order chi connectivity index (χ0) is 29.2. The van der Waals surface area contributed by atoms with Crippen molar-refractivity contribution >= 4 is 20.9 Å². The van der Waals surface area contributed by atoms with E-state index >= 15 is 0 Å². The molecule has 1 N–H and O–H groups in total. The summed E-state index contributed by atoms with van der Waals surface area (Å²) in [6.45, 7) is 7.11. The monoisotopic (exact) mass is 591 g/mol. The van der Waals surface area contributed by atoms with Gasteiger partial charge in [-0.3, -0.25) is 4.90 Å². The molecule has 0 aliphatic carbocycles. The molecule has 0 amide bonds. The van der Waals surface area contributed by atoms with Crippen LogP contribution in [0.1, 0.15) is 49.7 Å². The first-order valence-electron chi connectivity index (χ1n) is 15.2. The van der Waals surface area contributed by atoms with Crippen LogP contribution < -0.4 is 5.32 Å². The molecule has 9 heteroatoms. The van der Waals surface area contributed by atoms with Gasteiger partial charge in [0.15, 0.2) is 0 Å². The molecule has 0 saturated carbocycles. The number of unbranched alkanes of at least 4 members (excludes halogenated alkanes) is 1. The van der Waals surface area contributed by atoms with Crippen molar-refractivity contribution in [1.82, 2.24) is 24.1 Å². The van der Waals surface area contributed by atoms with Crippen LogP contribution in [0.25, 0.3) is 10.9 Å². The lowest BCUT2D eigenvalue weighted by molar-refractivity contribution is 0.246. The molecule has 0 spiro atoms. The molecular formula is C33H42FN5O2S. The molecule has 1 aliphatic rings. The zero-order valence-electron chi connectivity index (χ0n) is 24.3. The van der Waals surface area contributed by atoms with E-state index in [-0.39, 0.29) is 4.90 Å². The van der Waals surface area contributed by atoms with E-state index < -0.39 is 16.0 Å². The van der Waals surface area contributed by atoms with Crippen LogP contribution in [0.15, 0.2) is 84.0 Å². The van der Waals surface area contributed by atoms with Crippen molar-refractivity contribution in [2.24, 2.45) is 0 Å². The molecule has 0 bridgehead atoms. The van der Waals surface area contributed by atoms with Crippen molar-refractivity contribution in [1.29, 1.82) is 0 Å². The molecule has 2 aromatic carbocycles. The van der Waals surface area contributed by atoms with Crippen LogP contribution in [-0.4, -0.2) is 66.4 Å². The highest BCUT2D eigenvalue weighted by molar-refractivity contribution is 7.90. The molecule has 4 aromatic rings. The van der Waals surface area contributed by atoms with E-state index in [1.165, 1.54) is 48.9 Å². The van der Waals surface area contributed by atoms with Crippen molar-refractivity contribution in [3.63, 3.8) is 0 Å². The third-order valence-electron chi connectivity index (χ3n) is 8.07. The van der Waals surface area contributed by atoms with Gasteiger partial charge in [0.2, 0.25) is 5.95 Å². The number of nitrogens with one attached hydrogen (secondary N) is 1. The van der Waals surface area contributed by atoms with E-state index in [1.54, 1.807) is 48.7 Å². The maximum Gasteiger partial charge on any atom is 0.268 e. The Morgan fingerprint density at radius 1 is 0.833 bits per heavy atom. The highest BCUT2D eigenvalue weighted by atomic mass is 32.2. The van der Waals surface area contributed by atoms with Crippen molar-refractivity contribution < 1.29 is 12.8 Å². The third-order valence-corrected chi connectivity index (χ3v) is 9.75. The SMILES string of the molecule is O=S(=O)(c1ccccc1)n1cc(CN(CCCCNCCN2CCCCCC2)Cc2cccnc2F)c2ccccc21. The summed E-state index contributed by atoms with van der Waals surface area (Å²) in [6, 6.07) is 19.6. The minimum Gasteiger partial charge on any atom is -0.315 e. The number of pyridine rings is 1. The van der Waals surface area contributed by atoms with Gasteiger partial charge < -0.3 is 10.2 Å². The fourth-order valence-corrected chi connectivity index (χ4v) is 7.20. The van der Waals surface area contributed by atoms with E-state index in [1.807, 2.05) is 24.3 Å². The Hall–Kier alpha value is -3.11. The lowest BCUT2D eigenvalue weighted by Gasteiger charge is -2.23. The maximum atomic E-state index is 14.6. The van der Waals surface area contributed by atoms with Gasteiger partial charge in [0.05, 0.1) is 10.4 Å². The van der Waals surface area contributed by atoms with Crippen LogP contribution in [0.3, 0.4) is 0 Å². The highest BCUT2D eigenvalue weighted by Crippen LogP contribution is 2.27. The van der Waals surface area contributed by atoms with Crippen LogP contribution in [0.4, 0.5) is 4.39 Å². The van der Waals surface area contributed by atoms with Gasteiger partial charge >= 0.3 is 0 Å². The van der Waals surface area contributed by atoms with Crippen molar-refractivity contribution in [3.8, 4) is 0 Å². The predicted molar refractivity (Wildman–Crippen MR) is 166 cm³/mol. The van der Waals surface area contributed by atoms with Crippen LogP contribution in [0.5, 0.6) is 0 Å². The maximum absolute atomic E-state index is 14.6. The molecule has 1 fully saturated rings. The van der Waals surface area contributed by atoms with Gasteiger partial charge in [-0.1, -0.05) is 55.3 Å². The standard InChI is InChI=1S/C33H42FN5O2S/c34-33-28(13-12-19-36-33)25-38(23-11-8-18-35-20-24-37-21-9-1-2-10-22-37)26-29-27-39(32-17-7-6-16-31(29)32)42(40,41)30-14-4-3-5-15-30/h3-7,12-17,19,27,35H,1-2,8-11,18,20-26H2. The summed E-state index contributed by atoms with van der Waals surface area (Å²) in [5, 5.41) is 4.47. The second-order valence-electron chi connectivity index (χ2n) is 11.2. The third kappa shape index (κ3) is 7.83. The Morgan fingerprint density at radius 3 is 2.36 bits per heavy atom. The molecule has 224 valence electrons. The minimum absolute atomic E-state index is 0.245. The number of hydrogen-bond donors (Lipinski definition) is 1. The first kappa shape index (κ1) is 30.4. The Labute approximate surface area is 249 Å². The van der Waals surface area contributed by atoms with E-state index in [0.717, 1.165) is 50.0 Å². The summed E-state index contributed by atoms with van der Waals surface area (Å²) >= 11 is 0. The van der Waals surface area contributed by atoms with Crippen molar-refractivity contribution in [2.45, 2.75) is 56.5 Å². The lowest BCUT2D eigenvalue weighted by Crippen LogP contribution is -2.33. The summed E-state index contributed by atoms with van der Waals surface area (Å²) in [5.41, 5.74) is 2.07. The molecular weight excluding hydrogens is 549 g/mol. The number of halogens is 1. The zero-order valence-corrected chi connectivity index (χ0v) is 25.1. The number of likely N-dealkylation sites (tertiary alicyclic amines) is 1. The fraction of sp³-hybridized carbons (Fsp3) is 0.424. The van der Waals surface area contributed by atoms with Gasteiger partial charge in [-0.15, -0.1) is 0 Å². The minimum atomic E-state index is -3.77. The van der Waals surface area contributed by atoms with Gasteiger partial charge in [-0.2, -0.15) is 4.39 Å². The van der Waals surface area contributed by atoms with E-state index in [4.69, 9.17) is 0 Å². The quantitative estimate of drug-likeness (QED) is 0.151. The molecule has 1 saturated heterocycles. The van der Waals surface area contributed by atoms with Crippen molar-refractivity contribution in [3.05, 3.63) is 96.2 Å². The average molecular weight is 592 g/mol. The van der Waals surface area contributed by atoms with Gasteiger partial charge in [-0.05, 0) is 81.7 Å². The highest BCUT2D eigenvalue weighted by Gasteiger charge is 2.22. The topological polar surface area (TPSA) is 70.5 Å². The molecule has 42 heavy (non-hydrogen) atoms. The molecule has 0 atom stereocenters. The first-order valence-corrected chi connectivity index (χ1v) is 16.6. The Kier molecular flexibility index (Phi) is 10.7. The number of nitrogens with zero attached hydrogens (tertiary/aromatic N) is 4. The van der Waals surface area contributed by atoms with E-state index in [9.17, 15) is 12.8 Å². The number of aromatic nitrogens is 2. The molecule has 7 nitrogen and oxygen atoms in total. The number of benzene rings is 2. The largest absolute Gasteiger partial charge is 0.315 e. The molecule has 2 aromatic heterocycles. The smallest absolute Gasteiger partial charge is 0.268 e. The molecule has 3 heterocycles. The van der Waals surface area contributed by atoms with E-state index in [2.05, 4.69) is 20.1 Å². The van der Waals surface area contributed by atoms with Gasteiger partial charge in [-0.25, -0.2) is 17.4 Å². The van der Waals surface area contributed by atoms with Crippen LogP contribution in [0, 0.1) is 5.95 Å². The summed E-state index contributed by atoms with van der Waals surface area (Å²) in [7, 11) is -3.77. The van der Waals surface area contributed by atoms with Gasteiger partial charge in [0.1, 0.15) is 0 Å². The lowest BCUT2D eigenvalue weighted by atomic mass is 10.1.